The van der Waals surface area contributed by atoms with Gasteiger partial charge in [0.25, 0.3) is 0 Å². The van der Waals surface area contributed by atoms with E-state index in [0.29, 0.717) is 10.7 Å². The Morgan fingerprint density at radius 2 is 1.73 bits per heavy atom. The molecule has 0 atom stereocenters. The van der Waals surface area contributed by atoms with Crippen LogP contribution in [0.3, 0.4) is 0 Å². The Morgan fingerprint density at radius 1 is 0.967 bits per heavy atom. The van der Waals surface area contributed by atoms with Crippen LogP contribution in [0, 0.1) is 6.92 Å². The van der Waals surface area contributed by atoms with Gasteiger partial charge in [-0.1, -0.05) is 41.9 Å². The minimum absolute atomic E-state index is 0.303. The molecule has 1 aromatic heterocycles. The van der Waals surface area contributed by atoms with Gasteiger partial charge < -0.3 is 15.2 Å². The van der Waals surface area contributed by atoms with Crippen LogP contribution in [0.5, 0.6) is 0 Å². The highest BCUT2D eigenvalue weighted by atomic mass is 35.5. The predicted octanol–water partition coefficient (Wildman–Crippen LogP) is 5.96. The Bertz CT molecular complexity index is 1220. The maximum atomic E-state index is 12.3. The molecule has 0 fully saturated rings. The lowest BCUT2D eigenvalue weighted by atomic mass is 10.1. The zero-order chi connectivity index (χ0) is 21.1. The Hall–Kier alpha value is -3.31. The average molecular weight is 419 g/mol. The molecule has 0 radical (unpaired) electrons. The number of para-hydroxylation sites is 2. The normalized spacial score (nSPS) is 10.9. The number of urea groups is 1. The fourth-order valence-electron chi connectivity index (χ4n) is 3.44. The van der Waals surface area contributed by atoms with Crippen molar-refractivity contribution in [1.82, 2.24) is 9.55 Å². The predicted molar refractivity (Wildman–Crippen MR) is 123 cm³/mol. The third-order valence-corrected chi connectivity index (χ3v) is 5.54. The largest absolute Gasteiger partial charge is 0.331 e. The number of anilines is 2. The molecule has 0 aliphatic rings. The van der Waals surface area contributed by atoms with Crippen molar-refractivity contribution in [2.45, 2.75) is 19.8 Å². The fraction of sp³-hybridized carbons (Fsp3) is 0.167. The number of carbonyl (C=O) groups is 1. The van der Waals surface area contributed by atoms with Crippen molar-refractivity contribution in [1.29, 1.82) is 0 Å². The number of hydrogen-bond donors (Lipinski definition) is 2. The van der Waals surface area contributed by atoms with Gasteiger partial charge in [0.15, 0.2) is 0 Å². The maximum absolute atomic E-state index is 12.3. The van der Waals surface area contributed by atoms with Gasteiger partial charge in [-0.2, -0.15) is 0 Å². The van der Waals surface area contributed by atoms with Gasteiger partial charge in [-0.05, 0) is 60.9 Å². The molecule has 0 bridgehead atoms. The summed E-state index contributed by atoms with van der Waals surface area (Å²) in [6, 6.07) is 21.2. The second-order valence-corrected chi connectivity index (χ2v) is 7.73. The molecule has 0 saturated heterocycles. The molecule has 152 valence electrons. The summed E-state index contributed by atoms with van der Waals surface area (Å²) in [6.07, 6.45) is 1.66. The van der Waals surface area contributed by atoms with Crippen molar-refractivity contribution in [3.05, 3.63) is 88.7 Å². The summed E-state index contributed by atoms with van der Waals surface area (Å²) in [6.45, 7) is 1.92. The van der Waals surface area contributed by atoms with Gasteiger partial charge in [0.2, 0.25) is 0 Å². The summed E-state index contributed by atoms with van der Waals surface area (Å²) in [4.78, 5) is 17.1. The molecule has 4 aromatic rings. The minimum atomic E-state index is -0.303. The van der Waals surface area contributed by atoms with Gasteiger partial charge >= 0.3 is 6.03 Å². The van der Waals surface area contributed by atoms with E-state index >= 15 is 0 Å². The summed E-state index contributed by atoms with van der Waals surface area (Å²) < 4.78 is 2.14. The number of nitrogens with zero attached hydrogens (tertiary/aromatic N) is 2. The van der Waals surface area contributed by atoms with E-state index < -0.39 is 0 Å². The Kier molecular flexibility index (Phi) is 5.72. The lowest BCUT2D eigenvalue weighted by molar-refractivity contribution is 0.262. The Balaban J connectivity index is 1.40. The molecular weight excluding hydrogens is 396 g/mol. The quantitative estimate of drug-likeness (QED) is 0.419. The van der Waals surface area contributed by atoms with Crippen LogP contribution in [0.4, 0.5) is 16.2 Å². The molecular formula is C24H23ClN4O. The number of halogens is 1. The number of imidazole rings is 1. The second-order valence-electron chi connectivity index (χ2n) is 7.32. The van der Waals surface area contributed by atoms with Gasteiger partial charge in [-0.25, -0.2) is 9.78 Å². The van der Waals surface area contributed by atoms with E-state index in [-0.39, 0.29) is 6.03 Å². The van der Waals surface area contributed by atoms with E-state index in [2.05, 4.69) is 27.3 Å². The zero-order valence-corrected chi connectivity index (χ0v) is 17.7. The van der Waals surface area contributed by atoms with E-state index in [1.807, 2.05) is 62.5 Å². The van der Waals surface area contributed by atoms with Gasteiger partial charge in [0, 0.05) is 29.9 Å². The van der Waals surface area contributed by atoms with Crippen molar-refractivity contribution in [2.75, 3.05) is 10.6 Å². The highest BCUT2D eigenvalue weighted by Gasteiger charge is 2.08. The molecule has 0 aliphatic heterocycles. The minimum Gasteiger partial charge on any atom is -0.331 e. The molecule has 2 amide bonds. The monoisotopic (exact) mass is 418 g/mol. The van der Waals surface area contributed by atoms with Crippen molar-refractivity contribution in [2.24, 2.45) is 7.05 Å². The first kappa shape index (κ1) is 20.0. The number of carbonyl (C=O) groups excluding carboxylic acids is 1. The fourth-order valence-corrected chi connectivity index (χ4v) is 3.62. The van der Waals surface area contributed by atoms with Crippen LogP contribution >= 0.6 is 11.6 Å². The third-order valence-electron chi connectivity index (χ3n) is 5.13. The molecule has 3 aromatic carbocycles. The number of fused-ring (bicyclic) bond motifs is 1. The standard InChI is InChI=1S/C24H23ClN4O/c1-16-10-12-19(15-20(16)25)27-24(30)26-18-7-5-6-17(14-18)11-13-23-28-21-8-3-4-9-22(21)29(23)2/h3-10,12,14-15H,11,13H2,1-2H3,(H2,26,27,30). The molecule has 0 aliphatic carbocycles. The zero-order valence-electron chi connectivity index (χ0n) is 16.9. The van der Waals surface area contributed by atoms with Crippen LogP contribution < -0.4 is 10.6 Å². The van der Waals surface area contributed by atoms with Crippen molar-refractivity contribution in [3.8, 4) is 0 Å². The average Bonchev–Trinajstić information content (AvgIpc) is 3.05. The summed E-state index contributed by atoms with van der Waals surface area (Å²) >= 11 is 6.12. The number of rotatable bonds is 5. The van der Waals surface area contributed by atoms with E-state index in [0.717, 1.165) is 46.5 Å². The topological polar surface area (TPSA) is 59.0 Å². The van der Waals surface area contributed by atoms with Gasteiger partial charge in [0.1, 0.15) is 5.82 Å². The summed E-state index contributed by atoms with van der Waals surface area (Å²) in [5, 5.41) is 6.31. The van der Waals surface area contributed by atoms with Gasteiger partial charge in [0.05, 0.1) is 11.0 Å². The summed E-state index contributed by atoms with van der Waals surface area (Å²) in [7, 11) is 2.05. The molecule has 5 nitrogen and oxygen atoms in total. The van der Waals surface area contributed by atoms with E-state index in [1.54, 1.807) is 6.07 Å². The first-order valence-corrected chi connectivity index (χ1v) is 10.2. The molecule has 30 heavy (non-hydrogen) atoms. The van der Waals surface area contributed by atoms with E-state index in [4.69, 9.17) is 16.6 Å². The van der Waals surface area contributed by atoms with E-state index in [9.17, 15) is 4.79 Å². The van der Waals surface area contributed by atoms with E-state index in [1.165, 1.54) is 0 Å². The first-order chi connectivity index (χ1) is 14.5. The molecule has 2 N–H and O–H groups in total. The van der Waals surface area contributed by atoms with Crippen LogP contribution in [-0.4, -0.2) is 15.6 Å². The number of amides is 2. The van der Waals surface area contributed by atoms with Crippen LogP contribution in [-0.2, 0) is 19.9 Å². The Labute approximate surface area is 180 Å². The van der Waals surface area contributed by atoms with Crippen molar-refractivity contribution >= 4 is 40.0 Å². The SMILES string of the molecule is Cc1ccc(NC(=O)Nc2cccc(CCc3nc4ccccc4n3C)c2)cc1Cl. The summed E-state index contributed by atoms with van der Waals surface area (Å²) in [5.74, 6) is 1.04. The highest BCUT2D eigenvalue weighted by Crippen LogP contribution is 2.21. The van der Waals surface area contributed by atoms with Crippen LogP contribution in [0.2, 0.25) is 5.02 Å². The molecule has 6 heteroatoms. The Morgan fingerprint density at radius 3 is 2.50 bits per heavy atom. The highest BCUT2D eigenvalue weighted by molar-refractivity contribution is 6.31. The van der Waals surface area contributed by atoms with Crippen LogP contribution in [0.15, 0.2) is 66.7 Å². The maximum Gasteiger partial charge on any atom is 0.323 e. The number of aryl methyl sites for hydroxylation is 4. The van der Waals surface area contributed by atoms with Crippen molar-refractivity contribution in [3.63, 3.8) is 0 Å². The van der Waals surface area contributed by atoms with Gasteiger partial charge in [-0.15, -0.1) is 0 Å². The first-order valence-electron chi connectivity index (χ1n) is 9.83. The molecule has 4 rings (SSSR count). The van der Waals surface area contributed by atoms with Crippen LogP contribution in [0.25, 0.3) is 11.0 Å². The number of benzene rings is 3. The number of nitrogens with one attached hydrogen (secondary N) is 2. The van der Waals surface area contributed by atoms with Crippen LogP contribution in [0.1, 0.15) is 17.0 Å². The lowest BCUT2D eigenvalue weighted by Crippen LogP contribution is -2.19. The summed E-state index contributed by atoms with van der Waals surface area (Å²) in [5.41, 5.74) is 5.65. The lowest BCUT2D eigenvalue weighted by Gasteiger charge is -2.10. The second kappa shape index (κ2) is 8.59. The number of hydrogen-bond acceptors (Lipinski definition) is 2. The third kappa shape index (κ3) is 4.47. The van der Waals surface area contributed by atoms with Gasteiger partial charge in [-0.3, -0.25) is 0 Å². The van der Waals surface area contributed by atoms with Crippen molar-refractivity contribution < 1.29 is 4.79 Å². The molecule has 0 unspecified atom stereocenters. The smallest absolute Gasteiger partial charge is 0.323 e. The number of aromatic nitrogens is 2. The molecule has 0 spiro atoms. The molecule has 1 heterocycles. The molecule has 0 saturated carbocycles.